The average molecular weight is 303 g/mol. The van der Waals surface area contributed by atoms with E-state index in [0.29, 0.717) is 22.9 Å². The highest BCUT2D eigenvalue weighted by atomic mass is 32.2. The molecule has 0 aromatic heterocycles. The molecule has 0 bridgehead atoms. The highest BCUT2D eigenvalue weighted by molar-refractivity contribution is 7.90. The van der Waals surface area contributed by atoms with Gasteiger partial charge in [-0.3, -0.25) is 4.21 Å². The minimum Gasteiger partial charge on any atom is -0.309 e. The first-order chi connectivity index (χ1) is 8.84. The van der Waals surface area contributed by atoms with Crippen LogP contribution >= 0.6 is 0 Å². The van der Waals surface area contributed by atoms with Gasteiger partial charge in [-0.2, -0.15) is 0 Å². The molecule has 0 aliphatic rings. The van der Waals surface area contributed by atoms with Crippen molar-refractivity contribution in [1.82, 2.24) is 5.32 Å². The SMILES string of the molecule is CCS(=O)CCNC(C)c1ccc(S(C)(=O)=O)cc1. The van der Waals surface area contributed by atoms with E-state index in [-0.39, 0.29) is 6.04 Å². The average Bonchev–Trinajstić information content (AvgIpc) is 2.37. The van der Waals surface area contributed by atoms with Crippen LogP contribution in [0.4, 0.5) is 0 Å². The maximum atomic E-state index is 11.3. The van der Waals surface area contributed by atoms with Gasteiger partial charge in [-0.05, 0) is 24.6 Å². The van der Waals surface area contributed by atoms with Gasteiger partial charge in [-0.25, -0.2) is 8.42 Å². The summed E-state index contributed by atoms with van der Waals surface area (Å²) in [5, 5.41) is 3.28. The Hall–Kier alpha value is -0.720. The summed E-state index contributed by atoms with van der Waals surface area (Å²) in [6.45, 7) is 4.60. The van der Waals surface area contributed by atoms with Crippen LogP contribution in [-0.4, -0.2) is 36.9 Å². The number of hydrogen-bond acceptors (Lipinski definition) is 4. The zero-order valence-electron chi connectivity index (χ0n) is 11.5. The van der Waals surface area contributed by atoms with Crippen molar-refractivity contribution in [1.29, 1.82) is 0 Å². The molecule has 0 radical (unpaired) electrons. The van der Waals surface area contributed by atoms with Crippen molar-refractivity contribution < 1.29 is 12.6 Å². The molecule has 6 heteroatoms. The van der Waals surface area contributed by atoms with Crippen molar-refractivity contribution in [2.24, 2.45) is 0 Å². The van der Waals surface area contributed by atoms with Gasteiger partial charge >= 0.3 is 0 Å². The fourth-order valence-corrected chi connectivity index (χ4v) is 2.92. The van der Waals surface area contributed by atoms with Gasteiger partial charge in [0.2, 0.25) is 0 Å². The molecule has 4 nitrogen and oxygen atoms in total. The van der Waals surface area contributed by atoms with Crippen LogP contribution < -0.4 is 5.32 Å². The zero-order valence-corrected chi connectivity index (χ0v) is 13.2. The van der Waals surface area contributed by atoms with E-state index < -0.39 is 20.6 Å². The van der Waals surface area contributed by atoms with E-state index in [1.54, 1.807) is 12.1 Å². The van der Waals surface area contributed by atoms with E-state index in [2.05, 4.69) is 5.32 Å². The van der Waals surface area contributed by atoms with Gasteiger partial charge in [0.1, 0.15) is 0 Å². The molecule has 0 saturated heterocycles. The highest BCUT2D eigenvalue weighted by Crippen LogP contribution is 2.15. The summed E-state index contributed by atoms with van der Waals surface area (Å²) >= 11 is 0. The fraction of sp³-hybridized carbons (Fsp3) is 0.538. The predicted octanol–water partition coefficient (Wildman–Crippen LogP) is 1.51. The lowest BCUT2D eigenvalue weighted by molar-refractivity contribution is 0.593. The summed E-state index contributed by atoms with van der Waals surface area (Å²) < 4.78 is 34.0. The lowest BCUT2D eigenvalue weighted by Gasteiger charge is -2.14. The second-order valence-electron chi connectivity index (χ2n) is 4.45. The molecular formula is C13H21NO3S2. The van der Waals surface area contributed by atoms with Crippen molar-refractivity contribution in [2.75, 3.05) is 24.3 Å². The molecule has 19 heavy (non-hydrogen) atoms. The third kappa shape index (κ3) is 5.42. The van der Waals surface area contributed by atoms with Crippen LogP contribution in [0.15, 0.2) is 29.2 Å². The minimum atomic E-state index is -3.14. The summed E-state index contributed by atoms with van der Waals surface area (Å²) in [6.07, 6.45) is 1.20. The monoisotopic (exact) mass is 303 g/mol. The van der Waals surface area contributed by atoms with Crippen molar-refractivity contribution in [3.05, 3.63) is 29.8 Å². The molecule has 0 saturated carbocycles. The van der Waals surface area contributed by atoms with Crippen LogP contribution in [0.25, 0.3) is 0 Å². The smallest absolute Gasteiger partial charge is 0.175 e. The molecule has 2 unspecified atom stereocenters. The molecule has 0 spiro atoms. The molecule has 108 valence electrons. The summed E-state index contributed by atoms with van der Waals surface area (Å²) in [4.78, 5) is 0.329. The first-order valence-corrected chi connectivity index (χ1v) is 9.61. The number of hydrogen-bond donors (Lipinski definition) is 1. The van der Waals surface area contributed by atoms with Crippen LogP contribution in [0.3, 0.4) is 0 Å². The van der Waals surface area contributed by atoms with Gasteiger partial charge < -0.3 is 5.32 Å². The second-order valence-corrected chi connectivity index (χ2v) is 8.33. The van der Waals surface area contributed by atoms with E-state index in [4.69, 9.17) is 0 Å². The number of rotatable bonds is 7. The van der Waals surface area contributed by atoms with Crippen LogP contribution in [0, 0.1) is 0 Å². The van der Waals surface area contributed by atoms with Gasteiger partial charge in [0.25, 0.3) is 0 Å². The largest absolute Gasteiger partial charge is 0.309 e. The Morgan fingerprint density at radius 1 is 1.26 bits per heavy atom. The Labute approximate surface area is 118 Å². The van der Waals surface area contributed by atoms with Gasteiger partial charge in [-0.15, -0.1) is 0 Å². The van der Waals surface area contributed by atoms with Crippen LogP contribution in [0.5, 0.6) is 0 Å². The highest BCUT2D eigenvalue weighted by Gasteiger charge is 2.09. The third-order valence-electron chi connectivity index (χ3n) is 2.91. The molecule has 1 aromatic carbocycles. The lowest BCUT2D eigenvalue weighted by atomic mass is 10.1. The molecule has 1 rings (SSSR count). The molecule has 0 aliphatic heterocycles. The van der Waals surface area contributed by atoms with Crippen LogP contribution in [-0.2, 0) is 20.6 Å². The maximum Gasteiger partial charge on any atom is 0.175 e. The third-order valence-corrected chi connectivity index (χ3v) is 5.34. The molecule has 0 amide bonds. The van der Waals surface area contributed by atoms with Gasteiger partial charge in [0.15, 0.2) is 9.84 Å². The summed E-state index contributed by atoms with van der Waals surface area (Å²) in [5.74, 6) is 1.32. The zero-order chi connectivity index (χ0) is 14.5. The molecule has 0 aliphatic carbocycles. The quantitative estimate of drug-likeness (QED) is 0.829. The summed E-state index contributed by atoms with van der Waals surface area (Å²) in [6, 6.07) is 6.97. The van der Waals surface area contributed by atoms with Crippen molar-refractivity contribution in [3.8, 4) is 0 Å². The lowest BCUT2D eigenvalue weighted by Crippen LogP contribution is -2.24. The Morgan fingerprint density at radius 2 is 1.84 bits per heavy atom. The van der Waals surface area contributed by atoms with E-state index in [1.165, 1.54) is 6.26 Å². The topological polar surface area (TPSA) is 63.2 Å². The van der Waals surface area contributed by atoms with Crippen molar-refractivity contribution in [2.45, 2.75) is 24.8 Å². The molecule has 1 N–H and O–H groups in total. The molecular weight excluding hydrogens is 282 g/mol. The first kappa shape index (κ1) is 16.3. The van der Waals surface area contributed by atoms with E-state index in [1.807, 2.05) is 26.0 Å². The Kier molecular flexibility index (Phi) is 6.16. The number of nitrogens with one attached hydrogen (secondary N) is 1. The van der Waals surface area contributed by atoms with Gasteiger partial charge in [0, 0.05) is 41.1 Å². The van der Waals surface area contributed by atoms with Gasteiger partial charge in [-0.1, -0.05) is 19.1 Å². The second kappa shape index (κ2) is 7.17. The van der Waals surface area contributed by atoms with E-state index >= 15 is 0 Å². The minimum absolute atomic E-state index is 0.113. The van der Waals surface area contributed by atoms with E-state index in [0.717, 1.165) is 5.56 Å². The van der Waals surface area contributed by atoms with Crippen LogP contribution in [0.2, 0.25) is 0 Å². The standard InChI is InChI=1S/C13H21NO3S2/c1-4-18(15)10-9-14-11(2)12-5-7-13(8-6-12)19(3,16)17/h5-8,11,14H,4,9-10H2,1-3H3. The van der Waals surface area contributed by atoms with Crippen LogP contribution in [0.1, 0.15) is 25.5 Å². The molecule has 0 fully saturated rings. The number of benzene rings is 1. The molecule has 0 heterocycles. The maximum absolute atomic E-state index is 11.3. The summed E-state index contributed by atoms with van der Waals surface area (Å²) in [7, 11) is -3.89. The fourth-order valence-electron chi connectivity index (χ4n) is 1.66. The van der Waals surface area contributed by atoms with Crippen molar-refractivity contribution >= 4 is 20.6 Å². The van der Waals surface area contributed by atoms with Crippen molar-refractivity contribution in [3.63, 3.8) is 0 Å². The Balaban J connectivity index is 2.58. The Morgan fingerprint density at radius 3 is 2.32 bits per heavy atom. The van der Waals surface area contributed by atoms with Gasteiger partial charge in [0.05, 0.1) is 4.90 Å². The summed E-state index contributed by atoms with van der Waals surface area (Å²) in [5.41, 5.74) is 1.02. The Bertz CT molecular complexity index is 523. The normalized spacial score (nSPS) is 15.1. The molecule has 2 atom stereocenters. The number of sulfone groups is 1. The molecule has 1 aromatic rings. The van der Waals surface area contributed by atoms with E-state index in [9.17, 15) is 12.6 Å². The predicted molar refractivity (Wildman–Crippen MR) is 79.5 cm³/mol. The first-order valence-electron chi connectivity index (χ1n) is 6.23.